The summed E-state index contributed by atoms with van der Waals surface area (Å²) in [5.41, 5.74) is 3.25. The highest BCUT2D eigenvalue weighted by Crippen LogP contribution is 2.19. The summed E-state index contributed by atoms with van der Waals surface area (Å²) in [5, 5.41) is 4.77. The Hall–Kier alpha value is -0.160. The first-order valence-electron chi connectivity index (χ1n) is 6.85. The van der Waals surface area contributed by atoms with Gasteiger partial charge in [0.15, 0.2) is 0 Å². The van der Waals surface area contributed by atoms with Crippen molar-refractivity contribution in [1.82, 2.24) is 15.3 Å². The lowest BCUT2D eigenvalue weighted by molar-refractivity contribution is -0.663. The summed E-state index contributed by atoms with van der Waals surface area (Å²) in [6.07, 6.45) is 4.17. The third kappa shape index (κ3) is 3.70. The van der Waals surface area contributed by atoms with Gasteiger partial charge in [-0.15, -0.1) is 0 Å². The lowest BCUT2D eigenvalue weighted by atomic mass is 9.94. The molecule has 0 atom stereocenters. The highest BCUT2D eigenvalue weighted by atomic mass is 15.5. The maximum Gasteiger partial charge on any atom is 0.0885 e. The Morgan fingerprint density at radius 1 is 1.12 bits per heavy atom. The second kappa shape index (κ2) is 6.55. The first kappa shape index (κ1) is 12.3. The van der Waals surface area contributed by atoms with E-state index >= 15 is 0 Å². The summed E-state index contributed by atoms with van der Waals surface area (Å²) >= 11 is 0. The van der Waals surface area contributed by atoms with Crippen molar-refractivity contribution >= 4 is 0 Å². The maximum absolute atomic E-state index is 3.25. The Morgan fingerprint density at radius 3 is 2.44 bits per heavy atom. The summed E-state index contributed by atoms with van der Waals surface area (Å²) in [6.45, 7) is 9.00. The Balaban J connectivity index is 1.59. The van der Waals surface area contributed by atoms with Crippen LogP contribution >= 0.6 is 0 Å². The summed E-state index contributed by atoms with van der Waals surface area (Å²) in [5.74, 6) is 0.968. The minimum absolute atomic E-state index is 0.968. The smallest absolute Gasteiger partial charge is 0.0885 e. The lowest BCUT2D eigenvalue weighted by Crippen LogP contribution is -2.89. The van der Waals surface area contributed by atoms with Gasteiger partial charge in [-0.25, -0.2) is 5.01 Å². The van der Waals surface area contributed by atoms with E-state index in [0.29, 0.717) is 0 Å². The Labute approximate surface area is 99.3 Å². The lowest BCUT2D eigenvalue weighted by Gasteiger charge is -2.33. The Kier molecular flexibility index (Phi) is 5.03. The first-order valence-corrected chi connectivity index (χ1v) is 6.85. The van der Waals surface area contributed by atoms with E-state index in [-0.39, 0.29) is 0 Å². The minimum Gasteiger partial charge on any atom is -0.344 e. The number of nitrogens with one attached hydrogen (secondary N) is 1. The van der Waals surface area contributed by atoms with Gasteiger partial charge in [0.2, 0.25) is 0 Å². The molecule has 2 heterocycles. The fourth-order valence-corrected chi connectivity index (χ4v) is 2.84. The molecule has 4 nitrogen and oxygen atoms in total. The van der Waals surface area contributed by atoms with E-state index < -0.39 is 0 Å². The van der Waals surface area contributed by atoms with Gasteiger partial charge in [-0.2, -0.15) is 0 Å². The van der Waals surface area contributed by atoms with Crippen LogP contribution in [-0.4, -0.2) is 62.8 Å². The van der Waals surface area contributed by atoms with Crippen LogP contribution < -0.4 is 10.7 Å². The number of rotatable bonds is 4. The largest absolute Gasteiger partial charge is 0.344 e. The molecule has 2 aliphatic rings. The molecule has 0 aromatic carbocycles. The summed E-state index contributed by atoms with van der Waals surface area (Å²) < 4.78 is 0. The molecule has 2 fully saturated rings. The number of quaternary nitrogens is 1. The molecule has 0 radical (unpaired) electrons. The maximum atomic E-state index is 3.25. The van der Waals surface area contributed by atoms with Gasteiger partial charge in [0, 0.05) is 26.2 Å². The van der Waals surface area contributed by atoms with Gasteiger partial charge in [0.25, 0.3) is 0 Å². The SMILES string of the molecule is CNN1CCC(CCN2CC[NH2+]CC2)CC1. The van der Waals surface area contributed by atoms with Gasteiger partial charge < -0.3 is 5.32 Å². The average Bonchev–Trinajstić information content (AvgIpc) is 2.38. The van der Waals surface area contributed by atoms with Gasteiger partial charge in [-0.3, -0.25) is 10.3 Å². The third-order valence-electron chi connectivity index (χ3n) is 4.08. The van der Waals surface area contributed by atoms with Crippen LogP contribution in [-0.2, 0) is 0 Å². The quantitative estimate of drug-likeness (QED) is 0.653. The van der Waals surface area contributed by atoms with Crippen molar-refractivity contribution in [2.24, 2.45) is 5.92 Å². The van der Waals surface area contributed by atoms with Gasteiger partial charge in [-0.1, -0.05) is 0 Å². The molecule has 0 amide bonds. The van der Waals surface area contributed by atoms with E-state index in [2.05, 4.69) is 20.7 Å². The Bertz CT molecular complexity index is 183. The van der Waals surface area contributed by atoms with E-state index in [1.807, 2.05) is 7.05 Å². The molecular formula is C12H27N4+. The third-order valence-corrected chi connectivity index (χ3v) is 4.08. The fourth-order valence-electron chi connectivity index (χ4n) is 2.84. The highest BCUT2D eigenvalue weighted by Gasteiger charge is 2.19. The van der Waals surface area contributed by atoms with Gasteiger partial charge in [-0.05, 0) is 38.8 Å². The molecule has 2 saturated heterocycles. The second-order valence-corrected chi connectivity index (χ2v) is 5.15. The summed E-state index contributed by atoms with van der Waals surface area (Å²) in [4.78, 5) is 2.64. The van der Waals surface area contributed by atoms with Crippen LogP contribution in [0.15, 0.2) is 0 Å². The first-order chi connectivity index (χ1) is 7.88. The number of nitrogens with zero attached hydrogens (tertiary/aromatic N) is 2. The van der Waals surface area contributed by atoms with Gasteiger partial charge in [0.1, 0.15) is 0 Å². The van der Waals surface area contributed by atoms with E-state index in [1.165, 1.54) is 65.1 Å². The molecular weight excluding hydrogens is 200 g/mol. The molecule has 4 heteroatoms. The van der Waals surface area contributed by atoms with Gasteiger partial charge in [0.05, 0.1) is 13.1 Å². The van der Waals surface area contributed by atoms with Crippen molar-refractivity contribution in [3.63, 3.8) is 0 Å². The molecule has 0 unspecified atom stereocenters. The van der Waals surface area contributed by atoms with Crippen molar-refractivity contribution in [1.29, 1.82) is 0 Å². The van der Waals surface area contributed by atoms with Crippen molar-refractivity contribution in [3.8, 4) is 0 Å². The molecule has 0 aromatic rings. The van der Waals surface area contributed by atoms with Crippen molar-refractivity contribution in [2.45, 2.75) is 19.3 Å². The highest BCUT2D eigenvalue weighted by molar-refractivity contribution is 4.71. The van der Waals surface area contributed by atoms with E-state index in [1.54, 1.807) is 0 Å². The molecule has 94 valence electrons. The average molecular weight is 227 g/mol. The van der Waals surface area contributed by atoms with Crippen LogP contribution in [0.3, 0.4) is 0 Å². The molecule has 3 N–H and O–H groups in total. The standard InChI is InChI=1S/C12H26N4/c1-13-16-8-3-12(4-9-16)2-7-15-10-5-14-6-11-15/h12-14H,2-11H2,1H3/p+1. The molecule has 0 aliphatic carbocycles. The van der Waals surface area contributed by atoms with Crippen LogP contribution in [0, 0.1) is 5.92 Å². The summed E-state index contributed by atoms with van der Waals surface area (Å²) in [7, 11) is 2.03. The number of hydrazine groups is 1. The number of hydrogen-bond acceptors (Lipinski definition) is 3. The topological polar surface area (TPSA) is 35.1 Å². The number of hydrogen-bond donors (Lipinski definition) is 2. The summed E-state index contributed by atoms with van der Waals surface area (Å²) in [6, 6.07) is 0. The van der Waals surface area contributed by atoms with E-state index in [4.69, 9.17) is 0 Å². The number of nitrogens with two attached hydrogens (primary N) is 1. The van der Waals surface area contributed by atoms with Crippen molar-refractivity contribution in [3.05, 3.63) is 0 Å². The molecule has 0 saturated carbocycles. The number of piperidine rings is 1. The number of piperazine rings is 1. The zero-order valence-corrected chi connectivity index (χ0v) is 10.6. The molecule has 0 bridgehead atoms. The zero-order chi connectivity index (χ0) is 11.2. The molecule has 2 rings (SSSR count). The molecule has 2 aliphatic heterocycles. The monoisotopic (exact) mass is 227 g/mol. The van der Waals surface area contributed by atoms with Crippen LogP contribution in [0.5, 0.6) is 0 Å². The Morgan fingerprint density at radius 2 is 1.81 bits per heavy atom. The second-order valence-electron chi connectivity index (χ2n) is 5.15. The predicted molar refractivity (Wildman–Crippen MR) is 66.1 cm³/mol. The normalized spacial score (nSPS) is 26.1. The van der Waals surface area contributed by atoms with Crippen LogP contribution in [0.4, 0.5) is 0 Å². The van der Waals surface area contributed by atoms with Crippen LogP contribution in [0.1, 0.15) is 19.3 Å². The molecule has 16 heavy (non-hydrogen) atoms. The zero-order valence-electron chi connectivity index (χ0n) is 10.6. The van der Waals surface area contributed by atoms with Crippen molar-refractivity contribution < 1.29 is 5.32 Å². The van der Waals surface area contributed by atoms with Gasteiger partial charge >= 0.3 is 0 Å². The molecule has 0 spiro atoms. The van der Waals surface area contributed by atoms with Crippen LogP contribution in [0.2, 0.25) is 0 Å². The van der Waals surface area contributed by atoms with Crippen LogP contribution in [0.25, 0.3) is 0 Å². The fraction of sp³-hybridized carbons (Fsp3) is 1.00. The van der Waals surface area contributed by atoms with E-state index in [9.17, 15) is 0 Å². The van der Waals surface area contributed by atoms with E-state index in [0.717, 1.165) is 5.92 Å². The van der Waals surface area contributed by atoms with Crippen molar-refractivity contribution in [2.75, 3.05) is 52.9 Å². The predicted octanol–water partition coefficient (Wildman–Crippen LogP) is -0.898. The minimum atomic E-state index is 0.968. The molecule has 0 aromatic heterocycles.